The first kappa shape index (κ1) is 16.4. The maximum absolute atomic E-state index is 12.6. The molecule has 0 saturated heterocycles. The number of fused-ring (bicyclic) bond motifs is 1. The van der Waals surface area contributed by atoms with Crippen LogP contribution in [0.4, 0.5) is 5.69 Å². The van der Waals surface area contributed by atoms with E-state index in [0.717, 1.165) is 12.8 Å². The van der Waals surface area contributed by atoms with E-state index in [2.05, 4.69) is 18.4 Å². The summed E-state index contributed by atoms with van der Waals surface area (Å²) in [5.41, 5.74) is 1.09. The fourth-order valence-electron chi connectivity index (χ4n) is 3.09. The van der Waals surface area contributed by atoms with Crippen molar-refractivity contribution in [3.8, 4) is 5.75 Å². The van der Waals surface area contributed by atoms with E-state index in [1.54, 1.807) is 23.5 Å². The van der Waals surface area contributed by atoms with E-state index in [9.17, 15) is 14.9 Å². The molecule has 1 aromatic carbocycles. The third-order valence-electron chi connectivity index (χ3n) is 4.22. The van der Waals surface area contributed by atoms with Crippen LogP contribution in [0.3, 0.4) is 0 Å². The van der Waals surface area contributed by atoms with Crippen molar-refractivity contribution in [2.45, 2.75) is 25.8 Å². The van der Waals surface area contributed by atoms with E-state index in [4.69, 9.17) is 4.74 Å². The number of carbonyl (C=O) groups excluding carboxylic acids is 1. The highest BCUT2D eigenvalue weighted by atomic mass is 32.1. The van der Waals surface area contributed by atoms with E-state index in [1.807, 2.05) is 4.90 Å². The molecule has 24 heavy (non-hydrogen) atoms. The first-order valence-corrected chi connectivity index (χ1v) is 8.71. The zero-order valence-electron chi connectivity index (χ0n) is 13.3. The number of amides is 1. The molecule has 1 amide bonds. The molecular weight excluding hydrogens is 328 g/mol. The Hall–Kier alpha value is -2.41. The number of nitro benzene ring substituents is 1. The second kappa shape index (κ2) is 7.00. The normalized spacial score (nSPS) is 16.5. The van der Waals surface area contributed by atoms with Crippen molar-refractivity contribution in [1.82, 2.24) is 4.90 Å². The van der Waals surface area contributed by atoms with Gasteiger partial charge in [-0.2, -0.15) is 0 Å². The largest absolute Gasteiger partial charge is 0.477 e. The Labute approximate surface area is 143 Å². The summed E-state index contributed by atoms with van der Waals surface area (Å²) in [5.74, 6) is -0.0195. The number of para-hydroxylation sites is 2. The predicted molar refractivity (Wildman–Crippen MR) is 91.4 cm³/mol. The molecule has 7 heteroatoms. The molecular formula is C17H18N2O4S. The molecule has 0 radical (unpaired) electrons. The number of nitro groups is 1. The minimum absolute atomic E-state index is 0.0573. The number of hydrogen-bond donors (Lipinski definition) is 0. The number of carbonyl (C=O) groups is 1. The van der Waals surface area contributed by atoms with Gasteiger partial charge in [-0.3, -0.25) is 14.9 Å². The van der Waals surface area contributed by atoms with Crippen molar-refractivity contribution in [3.63, 3.8) is 0 Å². The molecule has 1 aliphatic rings. The Morgan fingerprint density at radius 1 is 1.42 bits per heavy atom. The second-order valence-corrected chi connectivity index (χ2v) is 6.57. The predicted octanol–water partition coefficient (Wildman–Crippen LogP) is 3.57. The zero-order valence-corrected chi connectivity index (χ0v) is 14.1. The lowest BCUT2D eigenvalue weighted by Gasteiger charge is -2.35. The van der Waals surface area contributed by atoms with Crippen molar-refractivity contribution in [2.24, 2.45) is 0 Å². The van der Waals surface area contributed by atoms with Gasteiger partial charge in [0.25, 0.3) is 5.91 Å². The molecule has 126 valence electrons. The van der Waals surface area contributed by atoms with Crippen LogP contribution in [0.15, 0.2) is 35.7 Å². The summed E-state index contributed by atoms with van der Waals surface area (Å²) in [4.78, 5) is 26.2. The monoisotopic (exact) mass is 346 g/mol. The molecule has 6 nitrogen and oxygen atoms in total. The van der Waals surface area contributed by atoms with Gasteiger partial charge < -0.3 is 9.64 Å². The molecule has 1 unspecified atom stereocenters. The Bertz CT molecular complexity index is 759. The van der Waals surface area contributed by atoms with E-state index >= 15 is 0 Å². The molecule has 1 atom stereocenters. The van der Waals surface area contributed by atoms with Gasteiger partial charge >= 0.3 is 5.69 Å². The Kier molecular flexibility index (Phi) is 4.80. The molecule has 0 spiro atoms. The minimum atomic E-state index is -0.507. The lowest BCUT2D eigenvalue weighted by atomic mass is 9.98. The Balaban J connectivity index is 1.71. The minimum Gasteiger partial charge on any atom is -0.477 e. The fourth-order valence-corrected chi connectivity index (χ4v) is 4.02. The number of ether oxygens (including phenoxy) is 1. The van der Waals surface area contributed by atoms with Crippen molar-refractivity contribution in [2.75, 3.05) is 13.2 Å². The van der Waals surface area contributed by atoms with Crippen molar-refractivity contribution < 1.29 is 14.5 Å². The Morgan fingerprint density at radius 3 is 2.96 bits per heavy atom. The SMILES string of the molecule is CCC1c2ccsc2CCN1C(=O)COc1ccccc1[N+](=O)[O-]. The molecule has 1 aromatic heterocycles. The summed E-state index contributed by atoms with van der Waals surface area (Å²) in [7, 11) is 0. The molecule has 0 saturated carbocycles. The van der Waals surface area contributed by atoms with Gasteiger partial charge in [0.1, 0.15) is 0 Å². The summed E-state index contributed by atoms with van der Waals surface area (Å²) in [6.45, 7) is 2.52. The maximum Gasteiger partial charge on any atom is 0.310 e. The quantitative estimate of drug-likeness (QED) is 0.613. The number of benzene rings is 1. The molecule has 2 heterocycles. The summed E-state index contributed by atoms with van der Waals surface area (Å²) in [6.07, 6.45) is 1.68. The molecule has 2 aromatic rings. The third-order valence-corrected chi connectivity index (χ3v) is 5.21. The Morgan fingerprint density at radius 2 is 2.21 bits per heavy atom. The van der Waals surface area contributed by atoms with E-state index in [0.29, 0.717) is 6.54 Å². The van der Waals surface area contributed by atoms with Crippen LogP contribution in [0.1, 0.15) is 29.8 Å². The van der Waals surface area contributed by atoms with Crippen molar-refractivity contribution in [3.05, 3.63) is 56.3 Å². The fraction of sp³-hybridized carbons (Fsp3) is 0.353. The summed E-state index contributed by atoms with van der Waals surface area (Å²) >= 11 is 1.73. The zero-order chi connectivity index (χ0) is 17.1. The van der Waals surface area contributed by atoms with Gasteiger partial charge in [0.2, 0.25) is 0 Å². The second-order valence-electron chi connectivity index (χ2n) is 5.57. The van der Waals surface area contributed by atoms with Crippen LogP contribution in [-0.4, -0.2) is 28.9 Å². The van der Waals surface area contributed by atoms with Crippen LogP contribution in [-0.2, 0) is 11.2 Å². The van der Waals surface area contributed by atoms with E-state index in [1.165, 1.54) is 22.6 Å². The van der Waals surface area contributed by atoms with E-state index < -0.39 is 4.92 Å². The molecule has 1 aliphatic heterocycles. The van der Waals surface area contributed by atoms with Gasteiger partial charge in [0, 0.05) is 17.5 Å². The summed E-state index contributed by atoms with van der Waals surface area (Å²) < 4.78 is 5.45. The van der Waals surface area contributed by atoms with Crippen molar-refractivity contribution >= 4 is 22.9 Å². The highest BCUT2D eigenvalue weighted by Gasteiger charge is 2.30. The van der Waals surface area contributed by atoms with Gasteiger partial charge in [0.15, 0.2) is 12.4 Å². The van der Waals surface area contributed by atoms with Crippen LogP contribution in [0.5, 0.6) is 5.75 Å². The highest BCUT2D eigenvalue weighted by Crippen LogP contribution is 2.35. The van der Waals surface area contributed by atoms with Crippen molar-refractivity contribution in [1.29, 1.82) is 0 Å². The molecule has 3 rings (SSSR count). The van der Waals surface area contributed by atoms with Gasteiger partial charge in [-0.25, -0.2) is 0 Å². The molecule has 0 fully saturated rings. The summed E-state index contributed by atoms with van der Waals surface area (Å²) in [5, 5.41) is 13.1. The molecule has 0 bridgehead atoms. The highest BCUT2D eigenvalue weighted by molar-refractivity contribution is 7.10. The van der Waals surface area contributed by atoms with Gasteiger partial charge in [-0.15, -0.1) is 11.3 Å². The lowest BCUT2D eigenvalue weighted by Crippen LogP contribution is -2.41. The van der Waals surface area contributed by atoms with E-state index in [-0.39, 0.29) is 30.0 Å². The van der Waals surface area contributed by atoms with Crippen LogP contribution >= 0.6 is 11.3 Å². The average Bonchev–Trinajstić information content (AvgIpc) is 3.07. The number of nitrogens with zero attached hydrogens (tertiary/aromatic N) is 2. The van der Waals surface area contributed by atoms with Crippen LogP contribution < -0.4 is 4.74 Å². The number of thiophene rings is 1. The third kappa shape index (κ3) is 3.12. The number of hydrogen-bond acceptors (Lipinski definition) is 5. The van der Waals surface area contributed by atoms with Gasteiger partial charge in [-0.05, 0) is 35.9 Å². The number of rotatable bonds is 5. The first-order chi connectivity index (χ1) is 11.6. The first-order valence-electron chi connectivity index (χ1n) is 7.83. The van der Waals surface area contributed by atoms with Crippen LogP contribution in [0.2, 0.25) is 0 Å². The molecule has 0 N–H and O–H groups in total. The maximum atomic E-state index is 12.6. The average molecular weight is 346 g/mol. The lowest BCUT2D eigenvalue weighted by molar-refractivity contribution is -0.385. The van der Waals surface area contributed by atoms with Crippen LogP contribution in [0.25, 0.3) is 0 Å². The summed E-state index contributed by atoms with van der Waals surface area (Å²) in [6, 6.07) is 8.24. The topological polar surface area (TPSA) is 72.7 Å². The van der Waals surface area contributed by atoms with Crippen LogP contribution in [0, 0.1) is 10.1 Å². The smallest absolute Gasteiger partial charge is 0.310 e. The van der Waals surface area contributed by atoms with Gasteiger partial charge in [0.05, 0.1) is 11.0 Å². The van der Waals surface area contributed by atoms with Gasteiger partial charge in [-0.1, -0.05) is 19.1 Å². The standard InChI is InChI=1S/C17H18N2O4S/c1-2-13-12-8-10-24-16(12)7-9-18(13)17(20)11-23-15-6-4-3-5-14(15)19(21)22/h3-6,8,10,13H,2,7,9,11H2,1H3. The molecule has 0 aliphatic carbocycles.